The van der Waals surface area contributed by atoms with Crippen LogP contribution in [-0.4, -0.2) is 11.4 Å². The number of benzene rings is 1. The molecular formula is C17H26N2O. The van der Waals surface area contributed by atoms with E-state index < -0.39 is 5.54 Å². The van der Waals surface area contributed by atoms with Crippen LogP contribution in [0.4, 0.5) is 0 Å². The topological polar surface area (TPSA) is 55.1 Å². The third-order valence-corrected chi connectivity index (χ3v) is 4.32. The molecule has 0 heterocycles. The molecule has 1 aromatic carbocycles. The van der Waals surface area contributed by atoms with Gasteiger partial charge in [-0.3, -0.25) is 4.79 Å². The molecule has 1 fully saturated rings. The zero-order valence-electron chi connectivity index (χ0n) is 13.0. The highest BCUT2D eigenvalue weighted by atomic mass is 16.2. The van der Waals surface area contributed by atoms with Crippen LogP contribution in [-0.2, 0) is 10.2 Å². The minimum Gasteiger partial charge on any atom is -0.348 e. The highest BCUT2D eigenvalue weighted by Gasteiger charge is 2.40. The lowest BCUT2D eigenvalue weighted by molar-refractivity contribution is -0.129. The number of carbonyl (C=O) groups is 1. The Morgan fingerprint density at radius 1 is 1.25 bits per heavy atom. The molecule has 3 nitrogen and oxygen atoms in total. The second-order valence-electron chi connectivity index (χ2n) is 7.08. The molecule has 1 aromatic rings. The lowest BCUT2D eigenvalue weighted by Crippen LogP contribution is -2.58. The van der Waals surface area contributed by atoms with Crippen LogP contribution in [0.3, 0.4) is 0 Å². The molecule has 1 amide bonds. The number of amides is 1. The van der Waals surface area contributed by atoms with Crippen LogP contribution < -0.4 is 11.1 Å². The van der Waals surface area contributed by atoms with Gasteiger partial charge in [-0.25, -0.2) is 0 Å². The Labute approximate surface area is 121 Å². The fourth-order valence-electron chi connectivity index (χ4n) is 2.48. The van der Waals surface area contributed by atoms with Crippen LogP contribution in [0.25, 0.3) is 0 Å². The standard InChI is InChI=1S/C17H26N2O/c1-12(19-15(20)17(18)10-5-11-17)13-6-8-14(9-7-13)16(2,3)4/h6-9,12H,5,10-11,18H2,1-4H3,(H,19,20). The molecule has 1 unspecified atom stereocenters. The van der Waals surface area contributed by atoms with Gasteiger partial charge in [-0.1, -0.05) is 45.0 Å². The molecule has 3 heteroatoms. The molecular weight excluding hydrogens is 248 g/mol. The monoisotopic (exact) mass is 274 g/mol. The number of rotatable bonds is 3. The summed E-state index contributed by atoms with van der Waals surface area (Å²) in [5, 5.41) is 3.03. The number of hydrogen-bond acceptors (Lipinski definition) is 2. The molecule has 20 heavy (non-hydrogen) atoms. The lowest BCUT2D eigenvalue weighted by atomic mass is 9.77. The van der Waals surface area contributed by atoms with Crippen LogP contribution in [0.15, 0.2) is 24.3 Å². The number of hydrogen-bond donors (Lipinski definition) is 2. The highest BCUT2D eigenvalue weighted by molar-refractivity contribution is 5.87. The van der Waals surface area contributed by atoms with Gasteiger partial charge in [0.2, 0.25) is 5.91 Å². The summed E-state index contributed by atoms with van der Waals surface area (Å²) >= 11 is 0. The van der Waals surface area contributed by atoms with Crippen molar-refractivity contribution in [1.82, 2.24) is 5.32 Å². The first-order valence-electron chi connectivity index (χ1n) is 7.43. The summed E-state index contributed by atoms with van der Waals surface area (Å²) in [5.74, 6) is -0.0175. The van der Waals surface area contributed by atoms with E-state index in [0.29, 0.717) is 0 Å². The Morgan fingerprint density at radius 2 is 1.80 bits per heavy atom. The number of nitrogens with two attached hydrogens (primary N) is 1. The van der Waals surface area contributed by atoms with Gasteiger partial charge in [-0.2, -0.15) is 0 Å². The molecule has 3 N–H and O–H groups in total. The SMILES string of the molecule is CC(NC(=O)C1(N)CCC1)c1ccc(C(C)(C)C)cc1. The van der Waals surface area contributed by atoms with E-state index in [1.165, 1.54) is 5.56 Å². The van der Waals surface area contributed by atoms with Crippen molar-refractivity contribution in [1.29, 1.82) is 0 Å². The van der Waals surface area contributed by atoms with Crippen molar-refractivity contribution < 1.29 is 4.79 Å². The van der Waals surface area contributed by atoms with Gasteiger partial charge < -0.3 is 11.1 Å². The van der Waals surface area contributed by atoms with E-state index in [1.807, 2.05) is 6.92 Å². The second kappa shape index (κ2) is 5.21. The first-order valence-corrected chi connectivity index (χ1v) is 7.43. The van der Waals surface area contributed by atoms with E-state index >= 15 is 0 Å². The third-order valence-electron chi connectivity index (χ3n) is 4.32. The predicted octanol–water partition coefficient (Wildman–Crippen LogP) is 3.04. The van der Waals surface area contributed by atoms with Crippen LogP contribution in [0.2, 0.25) is 0 Å². The van der Waals surface area contributed by atoms with E-state index in [4.69, 9.17) is 5.73 Å². The first-order chi connectivity index (χ1) is 9.22. The molecule has 1 aliphatic carbocycles. The maximum Gasteiger partial charge on any atom is 0.240 e. The lowest BCUT2D eigenvalue weighted by Gasteiger charge is -2.37. The third kappa shape index (κ3) is 3.04. The molecule has 0 spiro atoms. The van der Waals surface area contributed by atoms with E-state index in [-0.39, 0.29) is 17.4 Å². The Hall–Kier alpha value is -1.35. The predicted molar refractivity (Wildman–Crippen MR) is 82.5 cm³/mol. The Balaban J connectivity index is 2.02. The minimum atomic E-state index is -0.625. The molecule has 110 valence electrons. The van der Waals surface area contributed by atoms with Crippen molar-refractivity contribution in [2.45, 2.75) is 64.0 Å². The molecule has 0 radical (unpaired) electrons. The maximum atomic E-state index is 12.1. The maximum absolute atomic E-state index is 12.1. The summed E-state index contributed by atoms with van der Waals surface area (Å²) in [5.41, 5.74) is 7.99. The van der Waals surface area contributed by atoms with Gasteiger partial charge in [-0.15, -0.1) is 0 Å². The van der Waals surface area contributed by atoms with E-state index in [9.17, 15) is 4.79 Å². The van der Waals surface area contributed by atoms with Gasteiger partial charge in [0.1, 0.15) is 0 Å². The van der Waals surface area contributed by atoms with Crippen LogP contribution in [0, 0.1) is 0 Å². The quantitative estimate of drug-likeness (QED) is 0.890. The van der Waals surface area contributed by atoms with Crippen molar-refractivity contribution >= 4 is 5.91 Å². The minimum absolute atomic E-state index is 0.00227. The van der Waals surface area contributed by atoms with E-state index in [1.54, 1.807) is 0 Å². The Morgan fingerprint density at radius 3 is 2.20 bits per heavy atom. The zero-order chi connectivity index (χ0) is 15.0. The van der Waals surface area contributed by atoms with Gasteiger partial charge in [0, 0.05) is 0 Å². The number of carbonyl (C=O) groups excluding carboxylic acids is 1. The van der Waals surface area contributed by atoms with Gasteiger partial charge in [0.15, 0.2) is 0 Å². The first kappa shape index (κ1) is 15.0. The molecule has 0 aromatic heterocycles. The molecule has 2 rings (SSSR count). The summed E-state index contributed by atoms with van der Waals surface area (Å²) in [7, 11) is 0. The summed E-state index contributed by atoms with van der Waals surface area (Å²) in [6.45, 7) is 8.60. The molecule has 0 bridgehead atoms. The summed E-state index contributed by atoms with van der Waals surface area (Å²) in [4.78, 5) is 12.1. The van der Waals surface area contributed by atoms with Gasteiger partial charge >= 0.3 is 0 Å². The molecule has 1 saturated carbocycles. The van der Waals surface area contributed by atoms with Crippen LogP contribution >= 0.6 is 0 Å². The van der Waals surface area contributed by atoms with Gasteiger partial charge in [0.25, 0.3) is 0 Å². The number of nitrogens with one attached hydrogen (secondary N) is 1. The fourth-order valence-corrected chi connectivity index (χ4v) is 2.48. The average molecular weight is 274 g/mol. The van der Waals surface area contributed by atoms with Crippen molar-refractivity contribution in [2.75, 3.05) is 0 Å². The largest absolute Gasteiger partial charge is 0.348 e. The van der Waals surface area contributed by atoms with E-state index in [2.05, 4.69) is 50.4 Å². The smallest absolute Gasteiger partial charge is 0.240 e. The Kier molecular flexibility index (Phi) is 3.92. The summed E-state index contributed by atoms with van der Waals surface area (Å²) in [6, 6.07) is 8.46. The highest BCUT2D eigenvalue weighted by Crippen LogP contribution is 2.30. The second-order valence-corrected chi connectivity index (χ2v) is 7.08. The van der Waals surface area contributed by atoms with E-state index in [0.717, 1.165) is 24.8 Å². The summed E-state index contributed by atoms with van der Waals surface area (Å²) < 4.78 is 0. The molecule has 1 atom stereocenters. The average Bonchev–Trinajstić information content (AvgIpc) is 2.34. The zero-order valence-corrected chi connectivity index (χ0v) is 13.0. The van der Waals surface area contributed by atoms with Crippen molar-refractivity contribution in [3.63, 3.8) is 0 Å². The molecule has 1 aliphatic rings. The normalized spacial score (nSPS) is 19.1. The van der Waals surface area contributed by atoms with Crippen molar-refractivity contribution in [3.05, 3.63) is 35.4 Å². The van der Waals surface area contributed by atoms with Crippen molar-refractivity contribution in [2.24, 2.45) is 5.73 Å². The van der Waals surface area contributed by atoms with Gasteiger partial charge in [-0.05, 0) is 42.7 Å². The molecule has 0 saturated heterocycles. The van der Waals surface area contributed by atoms with Crippen LogP contribution in [0.1, 0.15) is 64.1 Å². The summed E-state index contributed by atoms with van der Waals surface area (Å²) in [6.07, 6.45) is 2.65. The molecule has 0 aliphatic heterocycles. The van der Waals surface area contributed by atoms with Gasteiger partial charge in [0.05, 0.1) is 11.6 Å². The van der Waals surface area contributed by atoms with Crippen LogP contribution in [0.5, 0.6) is 0 Å². The Bertz CT molecular complexity index is 481. The van der Waals surface area contributed by atoms with Crippen molar-refractivity contribution in [3.8, 4) is 0 Å². The fraction of sp³-hybridized carbons (Fsp3) is 0.588.